The molecular formula is C9H6ClF8N. The zero-order valence-electron chi connectivity index (χ0n) is 8.74. The van der Waals surface area contributed by atoms with Crippen molar-refractivity contribution >= 4 is 12.4 Å². The van der Waals surface area contributed by atoms with E-state index in [0.717, 1.165) is 0 Å². The quantitative estimate of drug-likeness (QED) is 0.653. The highest BCUT2D eigenvalue weighted by atomic mass is 35.5. The van der Waals surface area contributed by atoms with Gasteiger partial charge in [0.15, 0.2) is 11.6 Å². The van der Waals surface area contributed by atoms with Crippen LogP contribution in [0.15, 0.2) is 12.1 Å². The molecule has 0 aliphatic heterocycles. The van der Waals surface area contributed by atoms with E-state index in [-0.39, 0.29) is 24.5 Å². The summed E-state index contributed by atoms with van der Waals surface area (Å²) in [7, 11) is 0. The van der Waals surface area contributed by atoms with Crippen LogP contribution in [0.25, 0.3) is 0 Å². The lowest BCUT2D eigenvalue weighted by molar-refractivity contribution is -0.291. The average Bonchev–Trinajstić information content (AvgIpc) is 2.20. The zero-order valence-corrected chi connectivity index (χ0v) is 9.56. The Morgan fingerprint density at radius 1 is 0.947 bits per heavy atom. The minimum atomic E-state index is -6.07. The van der Waals surface area contributed by atoms with Gasteiger partial charge in [-0.05, 0) is 6.07 Å². The molecule has 0 saturated carbocycles. The van der Waals surface area contributed by atoms with Gasteiger partial charge in [-0.3, -0.25) is 0 Å². The van der Waals surface area contributed by atoms with Gasteiger partial charge in [0.1, 0.15) is 11.9 Å². The van der Waals surface area contributed by atoms with Crippen molar-refractivity contribution in [2.45, 2.75) is 18.1 Å². The van der Waals surface area contributed by atoms with Crippen LogP contribution in [-0.2, 0) is 0 Å². The molecule has 0 aliphatic carbocycles. The first-order valence-corrected chi connectivity index (χ1v) is 4.33. The van der Waals surface area contributed by atoms with E-state index in [1.54, 1.807) is 0 Å². The lowest BCUT2D eigenvalue weighted by atomic mass is 10.00. The number of rotatable bonds is 2. The third-order valence-corrected chi connectivity index (χ3v) is 2.12. The lowest BCUT2D eigenvalue weighted by Crippen LogP contribution is -2.46. The van der Waals surface area contributed by atoms with E-state index in [1.807, 2.05) is 0 Å². The van der Waals surface area contributed by atoms with Gasteiger partial charge >= 0.3 is 12.1 Å². The van der Waals surface area contributed by atoms with Gasteiger partial charge in [-0.15, -0.1) is 12.4 Å². The van der Waals surface area contributed by atoms with Crippen LogP contribution in [0, 0.1) is 17.5 Å². The minimum absolute atomic E-state index is 0. The summed E-state index contributed by atoms with van der Waals surface area (Å²) in [5, 5.41) is 0. The second kappa shape index (κ2) is 5.49. The SMILES string of the molecule is Cl.N[C@H](c1cc(F)cc(F)c1F)C(F)(F)C(F)(F)F. The molecule has 10 heteroatoms. The Morgan fingerprint density at radius 2 is 1.42 bits per heavy atom. The Balaban J connectivity index is 0.00000324. The summed E-state index contributed by atoms with van der Waals surface area (Å²) in [5.41, 5.74) is 2.97. The van der Waals surface area contributed by atoms with Crippen molar-refractivity contribution in [2.75, 3.05) is 0 Å². The van der Waals surface area contributed by atoms with E-state index in [0.29, 0.717) is 0 Å². The van der Waals surface area contributed by atoms with E-state index in [2.05, 4.69) is 5.73 Å². The molecule has 1 rings (SSSR count). The first kappa shape index (κ1) is 17.9. The molecule has 0 fully saturated rings. The number of alkyl halides is 5. The Bertz CT molecular complexity index is 458. The van der Waals surface area contributed by atoms with Crippen molar-refractivity contribution < 1.29 is 35.1 Å². The highest BCUT2D eigenvalue weighted by Crippen LogP contribution is 2.44. The van der Waals surface area contributed by atoms with E-state index in [1.165, 1.54) is 0 Å². The molecule has 0 amide bonds. The highest BCUT2D eigenvalue weighted by molar-refractivity contribution is 5.85. The molecule has 1 aromatic carbocycles. The molecule has 1 nitrogen and oxygen atoms in total. The predicted molar refractivity (Wildman–Crippen MR) is 51.5 cm³/mol. The maximum atomic E-state index is 13.0. The molecule has 2 N–H and O–H groups in total. The second-order valence-electron chi connectivity index (χ2n) is 3.39. The molecule has 0 unspecified atom stereocenters. The van der Waals surface area contributed by atoms with Gasteiger partial charge in [0, 0.05) is 11.6 Å². The van der Waals surface area contributed by atoms with Crippen LogP contribution in [0.5, 0.6) is 0 Å². The molecule has 1 atom stereocenters. The second-order valence-corrected chi connectivity index (χ2v) is 3.39. The fraction of sp³-hybridized carbons (Fsp3) is 0.333. The molecular weight excluding hydrogens is 310 g/mol. The predicted octanol–water partition coefficient (Wildman–Crippen LogP) is 3.72. The summed E-state index contributed by atoms with van der Waals surface area (Å²) in [6.45, 7) is 0. The van der Waals surface area contributed by atoms with Gasteiger partial charge in [0.2, 0.25) is 0 Å². The topological polar surface area (TPSA) is 26.0 Å². The monoisotopic (exact) mass is 315 g/mol. The first-order valence-electron chi connectivity index (χ1n) is 4.33. The lowest BCUT2D eigenvalue weighted by Gasteiger charge is -2.26. The van der Waals surface area contributed by atoms with E-state index in [4.69, 9.17) is 0 Å². The van der Waals surface area contributed by atoms with Crippen LogP contribution < -0.4 is 5.73 Å². The van der Waals surface area contributed by atoms with Crippen molar-refractivity contribution in [3.63, 3.8) is 0 Å². The van der Waals surface area contributed by atoms with Gasteiger partial charge < -0.3 is 5.73 Å². The maximum absolute atomic E-state index is 13.0. The first-order chi connectivity index (χ1) is 7.98. The summed E-state index contributed by atoms with van der Waals surface area (Å²) in [6, 6.07) is -3.26. The van der Waals surface area contributed by atoms with Crippen LogP contribution >= 0.6 is 12.4 Å². The van der Waals surface area contributed by atoms with Crippen LogP contribution in [0.1, 0.15) is 11.6 Å². The van der Waals surface area contributed by atoms with Gasteiger partial charge in [-0.1, -0.05) is 0 Å². The molecule has 0 bridgehead atoms. The van der Waals surface area contributed by atoms with E-state index in [9.17, 15) is 35.1 Å². The normalized spacial score (nSPS) is 13.9. The molecule has 19 heavy (non-hydrogen) atoms. The summed E-state index contributed by atoms with van der Waals surface area (Å²) in [5.74, 6) is -11.0. The Morgan fingerprint density at radius 3 is 1.84 bits per heavy atom. The van der Waals surface area contributed by atoms with E-state index >= 15 is 0 Å². The van der Waals surface area contributed by atoms with Gasteiger partial charge in [-0.25, -0.2) is 13.2 Å². The number of hydrogen-bond acceptors (Lipinski definition) is 1. The molecule has 0 aromatic heterocycles. The van der Waals surface area contributed by atoms with Crippen molar-refractivity contribution in [1.29, 1.82) is 0 Å². The third kappa shape index (κ3) is 3.27. The van der Waals surface area contributed by atoms with E-state index < -0.39 is 41.2 Å². The molecule has 1 aromatic rings. The van der Waals surface area contributed by atoms with Crippen LogP contribution in [-0.4, -0.2) is 12.1 Å². The largest absolute Gasteiger partial charge is 0.455 e. The average molecular weight is 316 g/mol. The van der Waals surface area contributed by atoms with Gasteiger partial charge in [0.25, 0.3) is 0 Å². The number of benzene rings is 1. The van der Waals surface area contributed by atoms with Gasteiger partial charge in [0.05, 0.1) is 0 Å². The Labute approximate surface area is 107 Å². The summed E-state index contributed by atoms with van der Waals surface area (Å²) in [4.78, 5) is 0. The molecule has 110 valence electrons. The summed E-state index contributed by atoms with van der Waals surface area (Å²) in [6.07, 6.45) is -6.07. The van der Waals surface area contributed by atoms with Crippen LogP contribution in [0.2, 0.25) is 0 Å². The summed E-state index contributed by atoms with van der Waals surface area (Å²) >= 11 is 0. The minimum Gasteiger partial charge on any atom is -0.319 e. The molecule has 0 saturated heterocycles. The molecule has 0 radical (unpaired) electrons. The standard InChI is InChI=1S/C9H5F8N.ClH/c10-3-1-4(6(12)5(11)2-3)7(18)8(13,14)9(15,16)17;/h1-2,7H,18H2;1H/t7-;/m1./s1. The molecule has 0 heterocycles. The Hall–Kier alpha value is -1.09. The van der Waals surface area contributed by atoms with Crippen LogP contribution in [0.3, 0.4) is 0 Å². The fourth-order valence-corrected chi connectivity index (χ4v) is 1.17. The Kier molecular flexibility index (Phi) is 5.18. The number of halogens is 9. The van der Waals surface area contributed by atoms with Crippen molar-refractivity contribution in [1.82, 2.24) is 0 Å². The summed E-state index contributed by atoms with van der Waals surface area (Å²) < 4.78 is 99.9. The van der Waals surface area contributed by atoms with Gasteiger partial charge in [-0.2, -0.15) is 22.0 Å². The molecule has 0 spiro atoms. The number of hydrogen-bond donors (Lipinski definition) is 1. The maximum Gasteiger partial charge on any atom is 0.455 e. The van der Waals surface area contributed by atoms with Crippen LogP contribution in [0.4, 0.5) is 35.1 Å². The number of nitrogens with two attached hydrogens (primary N) is 1. The highest BCUT2D eigenvalue weighted by Gasteiger charge is 2.62. The van der Waals surface area contributed by atoms with Crippen molar-refractivity contribution in [2.24, 2.45) is 5.73 Å². The van der Waals surface area contributed by atoms with Crippen molar-refractivity contribution in [3.8, 4) is 0 Å². The molecule has 0 aliphatic rings. The zero-order chi connectivity index (χ0) is 14.3. The fourth-order valence-electron chi connectivity index (χ4n) is 1.17. The van der Waals surface area contributed by atoms with Crippen molar-refractivity contribution in [3.05, 3.63) is 35.1 Å². The smallest absolute Gasteiger partial charge is 0.319 e. The third-order valence-electron chi connectivity index (χ3n) is 2.12.